The normalized spacial score (nSPS) is 12.2. The Balaban J connectivity index is 1.82. The van der Waals surface area contributed by atoms with Crippen LogP contribution >= 0.6 is 11.8 Å². The SMILES string of the molecule is CSc1cccc(C(=O)C(C(=O)c2cccc(S(=O)(=O)NC(C)=N)c2)=C2Nc3ccccc3N2)c1. The van der Waals surface area contributed by atoms with E-state index in [0.717, 1.165) is 4.90 Å². The minimum absolute atomic E-state index is 0.0203. The number of hydrogen-bond donors (Lipinski definition) is 4. The van der Waals surface area contributed by atoms with Gasteiger partial charge in [-0.25, -0.2) is 8.42 Å². The summed E-state index contributed by atoms with van der Waals surface area (Å²) in [5, 5.41) is 13.6. The third-order valence-electron chi connectivity index (χ3n) is 5.18. The molecular weight excluding hydrogens is 484 g/mol. The molecule has 3 aromatic carbocycles. The van der Waals surface area contributed by atoms with Crippen molar-refractivity contribution in [2.75, 3.05) is 16.9 Å². The number of allylic oxidation sites excluding steroid dienone is 1. The van der Waals surface area contributed by atoms with Crippen molar-refractivity contribution in [3.05, 3.63) is 95.3 Å². The van der Waals surface area contributed by atoms with Crippen LogP contribution in [-0.2, 0) is 10.0 Å². The first-order valence-electron chi connectivity index (χ1n) is 10.5. The number of anilines is 2. The molecule has 0 bridgehead atoms. The summed E-state index contributed by atoms with van der Waals surface area (Å²) < 4.78 is 27.2. The van der Waals surface area contributed by atoms with Crippen LogP contribution in [0.25, 0.3) is 0 Å². The average molecular weight is 507 g/mol. The van der Waals surface area contributed by atoms with Crippen molar-refractivity contribution >= 4 is 50.6 Å². The van der Waals surface area contributed by atoms with Crippen LogP contribution in [0, 0.1) is 5.41 Å². The van der Waals surface area contributed by atoms with Gasteiger partial charge in [0.05, 0.1) is 16.3 Å². The Morgan fingerprint density at radius 3 is 2.00 bits per heavy atom. The van der Waals surface area contributed by atoms with Crippen LogP contribution in [0.3, 0.4) is 0 Å². The molecule has 1 heterocycles. The standard InChI is InChI=1S/C25H22N4O4S2/c1-15(26)29-35(32,33)19-10-6-8-17(14-19)24(31)22(23(30)16-7-5-9-18(13-16)34-2)25-27-20-11-3-4-12-21(20)28-25/h3-14,27-28H,1-2H3,(H2,26,29). The first-order chi connectivity index (χ1) is 16.7. The molecule has 0 fully saturated rings. The van der Waals surface area contributed by atoms with Crippen molar-refractivity contribution in [3.8, 4) is 0 Å². The van der Waals surface area contributed by atoms with E-state index in [2.05, 4.69) is 15.4 Å². The highest BCUT2D eigenvalue weighted by Gasteiger charge is 2.30. The van der Waals surface area contributed by atoms with Crippen molar-refractivity contribution in [2.24, 2.45) is 0 Å². The van der Waals surface area contributed by atoms with Crippen LogP contribution in [0.4, 0.5) is 11.4 Å². The number of para-hydroxylation sites is 2. The van der Waals surface area contributed by atoms with E-state index in [9.17, 15) is 18.0 Å². The zero-order valence-corrected chi connectivity index (χ0v) is 20.5. The number of sulfonamides is 1. The highest BCUT2D eigenvalue weighted by atomic mass is 32.2. The number of nitrogens with one attached hydrogen (secondary N) is 4. The van der Waals surface area contributed by atoms with Gasteiger partial charge in [-0.15, -0.1) is 11.8 Å². The molecule has 0 saturated carbocycles. The zero-order chi connectivity index (χ0) is 25.2. The summed E-state index contributed by atoms with van der Waals surface area (Å²) in [5.41, 5.74) is 1.62. The summed E-state index contributed by atoms with van der Waals surface area (Å²) >= 11 is 1.47. The number of hydrogen-bond acceptors (Lipinski definition) is 8. The van der Waals surface area contributed by atoms with Gasteiger partial charge in [0.1, 0.15) is 17.2 Å². The third-order valence-corrected chi connectivity index (χ3v) is 7.35. The molecule has 0 radical (unpaired) electrons. The molecule has 178 valence electrons. The Bertz CT molecular complexity index is 1470. The van der Waals surface area contributed by atoms with Crippen molar-refractivity contribution in [2.45, 2.75) is 16.7 Å². The Labute approximate surface area is 207 Å². The molecule has 1 aliphatic heterocycles. The van der Waals surface area contributed by atoms with E-state index in [1.807, 2.05) is 36.6 Å². The van der Waals surface area contributed by atoms with Gasteiger partial charge >= 0.3 is 0 Å². The number of Topliss-reactive ketones (excluding diaryl/α,β-unsaturated/α-hetero) is 2. The second kappa shape index (κ2) is 9.77. The van der Waals surface area contributed by atoms with E-state index in [1.165, 1.54) is 43.0 Å². The summed E-state index contributed by atoms with van der Waals surface area (Å²) in [5.74, 6) is -1.19. The molecule has 0 amide bonds. The molecule has 8 nitrogen and oxygen atoms in total. The van der Waals surface area contributed by atoms with E-state index in [-0.39, 0.29) is 27.7 Å². The van der Waals surface area contributed by atoms with Crippen molar-refractivity contribution in [3.63, 3.8) is 0 Å². The fourth-order valence-electron chi connectivity index (χ4n) is 3.57. The van der Waals surface area contributed by atoms with Crippen molar-refractivity contribution in [1.82, 2.24) is 4.72 Å². The largest absolute Gasteiger partial charge is 0.339 e. The monoisotopic (exact) mass is 506 g/mol. The highest BCUT2D eigenvalue weighted by Crippen LogP contribution is 2.33. The Hall–Kier alpha value is -3.89. The number of carbonyl (C=O) groups is 2. The molecule has 0 unspecified atom stereocenters. The van der Waals surface area contributed by atoms with Crippen LogP contribution in [0.1, 0.15) is 27.6 Å². The zero-order valence-electron chi connectivity index (χ0n) is 18.9. The second-order valence-electron chi connectivity index (χ2n) is 7.69. The molecule has 0 aromatic heterocycles. The van der Waals surface area contributed by atoms with Crippen molar-refractivity contribution < 1.29 is 18.0 Å². The van der Waals surface area contributed by atoms with Gasteiger partial charge in [0.2, 0.25) is 11.6 Å². The number of thioether (sulfide) groups is 1. The predicted octanol–water partition coefficient (Wildman–Crippen LogP) is 4.50. The molecule has 0 saturated heterocycles. The van der Waals surface area contributed by atoms with Gasteiger partial charge in [0.15, 0.2) is 0 Å². The molecular formula is C25H22N4O4S2. The van der Waals surface area contributed by atoms with Gasteiger partial charge in [-0.1, -0.05) is 36.4 Å². The second-order valence-corrected chi connectivity index (χ2v) is 10.3. The maximum atomic E-state index is 13.7. The molecule has 4 N–H and O–H groups in total. The lowest BCUT2D eigenvalue weighted by Crippen LogP contribution is -2.28. The lowest BCUT2D eigenvalue weighted by molar-refractivity contribution is 0.0961. The fourth-order valence-corrected chi connectivity index (χ4v) is 5.10. The molecule has 35 heavy (non-hydrogen) atoms. The van der Waals surface area contributed by atoms with Gasteiger partial charge in [-0.2, -0.15) is 0 Å². The van der Waals surface area contributed by atoms with Crippen LogP contribution in [0.5, 0.6) is 0 Å². The fraction of sp³-hybridized carbons (Fsp3) is 0.0800. The lowest BCUT2D eigenvalue weighted by Gasteiger charge is -2.13. The summed E-state index contributed by atoms with van der Waals surface area (Å²) in [4.78, 5) is 28.1. The maximum Gasteiger partial charge on any atom is 0.262 e. The minimum Gasteiger partial charge on any atom is -0.339 e. The molecule has 0 aliphatic carbocycles. The first kappa shape index (κ1) is 24.2. The Morgan fingerprint density at radius 1 is 0.857 bits per heavy atom. The summed E-state index contributed by atoms with van der Waals surface area (Å²) in [6.07, 6.45) is 1.89. The molecule has 1 aliphatic rings. The van der Waals surface area contributed by atoms with E-state index >= 15 is 0 Å². The average Bonchev–Trinajstić information content (AvgIpc) is 3.27. The molecule has 10 heteroatoms. The van der Waals surface area contributed by atoms with Gasteiger partial charge in [0, 0.05) is 16.0 Å². The summed E-state index contributed by atoms with van der Waals surface area (Å²) in [6.45, 7) is 1.30. The van der Waals surface area contributed by atoms with Crippen LogP contribution < -0.4 is 15.4 Å². The molecule has 0 atom stereocenters. The first-order valence-corrected chi connectivity index (χ1v) is 13.2. The predicted molar refractivity (Wildman–Crippen MR) is 138 cm³/mol. The number of ketones is 2. The van der Waals surface area contributed by atoms with Crippen LogP contribution in [0.2, 0.25) is 0 Å². The smallest absolute Gasteiger partial charge is 0.262 e. The van der Waals surface area contributed by atoms with Gasteiger partial charge in [-0.05, 0) is 49.6 Å². The Morgan fingerprint density at radius 2 is 1.43 bits per heavy atom. The molecule has 0 spiro atoms. The topological polar surface area (TPSA) is 128 Å². The quantitative estimate of drug-likeness (QED) is 0.0706. The van der Waals surface area contributed by atoms with E-state index < -0.39 is 21.6 Å². The molecule has 4 rings (SSSR count). The number of rotatable bonds is 7. The number of benzene rings is 3. The Kier molecular flexibility index (Phi) is 6.77. The van der Waals surface area contributed by atoms with Gasteiger partial charge < -0.3 is 10.6 Å². The summed E-state index contributed by atoms with van der Waals surface area (Å²) in [6, 6.07) is 19.6. The van der Waals surface area contributed by atoms with E-state index in [0.29, 0.717) is 16.9 Å². The number of carbonyl (C=O) groups excluding carboxylic acids is 2. The van der Waals surface area contributed by atoms with E-state index in [4.69, 9.17) is 5.41 Å². The molecule has 3 aromatic rings. The lowest BCUT2D eigenvalue weighted by atomic mass is 9.95. The summed E-state index contributed by atoms with van der Waals surface area (Å²) in [7, 11) is -4.05. The van der Waals surface area contributed by atoms with E-state index in [1.54, 1.807) is 18.2 Å². The number of fused-ring (bicyclic) bond motifs is 1. The van der Waals surface area contributed by atoms with Crippen LogP contribution in [-0.4, -0.2) is 32.1 Å². The minimum atomic E-state index is -4.05. The van der Waals surface area contributed by atoms with Gasteiger partial charge in [0.25, 0.3) is 10.0 Å². The third kappa shape index (κ3) is 5.13. The maximum absolute atomic E-state index is 13.7. The van der Waals surface area contributed by atoms with Gasteiger partial charge in [-0.3, -0.25) is 19.7 Å². The van der Waals surface area contributed by atoms with Crippen molar-refractivity contribution in [1.29, 1.82) is 5.41 Å². The number of amidine groups is 1. The highest BCUT2D eigenvalue weighted by molar-refractivity contribution is 7.98. The van der Waals surface area contributed by atoms with Crippen LogP contribution in [0.15, 0.2) is 94.0 Å².